The van der Waals surface area contributed by atoms with Crippen LogP contribution >= 0.6 is 0 Å². The molecule has 0 aromatic heterocycles. The molecule has 1 N–H and O–H groups in total. The predicted molar refractivity (Wildman–Crippen MR) is 77.1 cm³/mol. The van der Waals surface area contributed by atoms with E-state index in [0.717, 1.165) is 24.1 Å². The Balaban J connectivity index is 2.01. The van der Waals surface area contributed by atoms with Gasteiger partial charge in [-0.1, -0.05) is 44.4 Å². The van der Waals surface area contributed by atoms with Gasteiger partial charge in [0, 0.05) is 24.2 Å². The number of anilines is 1. The van der Waals surface area contributed by atoms with E-state index in [0.29, 0.717) is 19.4 Å². The lowest BCUT2D eigenvalue weighted by Crippen LogP contribution is -2.36. The molecule has 1 atom stereocenters. The zero-order valence-corrected chi connectivity index (χ0v) is 11.6. The molecule has 0 saturated carbocycles. The number of fused-ring (bicyclic) bond motifs is 1. The highest BCUT2D eigenvalue weighted by molar-refractivity contribution is 5.94. The highest BCUT2D eigenvalue weighted by Crippen LogP contribution is 2.33. The third-order valence-corrected chi connectivity index (χ3v) is 3.76. The van der Waals surface area contributed by atoms with Gasteiger partial charge >= 0.3 is 0 Å². The lowest BCUT2D eigenvalue weighted by molar-refractivity contribution is -0.118. The van der Waals surface area contributed by atoms with Crippen LogP contribution in [0.1, 0.15) is 57.1 Å². The predicted octanol–water partition coefficient (Wildman–Crippen LogP) is 3.43. The van der Waals surface area contributed by atoms with Crippen LogP contribution in [0.5, 0.6) is 0 Å². The van der Waals surface area contributed by atoms with Gasteiger partial charge in [-0.2, -0.15) is 0 Å². The Morgan fingerprint density at radius 1 is 1.32 bits per heavy atom. The first kappa shape index (κ1) is 14.1. The van der Waals surface area contributed by atoms with Crippen LogP contribution in [-0.2, 0) is 4.79 Å². The van der Waals surface area contributed by atoms with Crippen molar-refractivity contribution in [3.63, 3.8) is 0 Å². The first-order valence-electron chi connectivity index (χ1n) is 7.31. The fourth-order valence-electron chi connectivity index (χ4n) is 2.64. The number of rotatable bonds is 5. The minimum Gasteiger partial charge on any atom is -0.388 e. The molecule has 104 valence electrons. The van der Waals surface area contributed by atoms with Crippen molar-refractivity contribution < 1.29 is 9.90 Å². The molecule has 1 aromatic rings. The van der Waals surface area contributed by atoms with Gasteiger partial charge in [0.15, 0.2) is 0 Å². The monoisotopic (exact) mass is 261 g/mol. The Bertz CT molecular complexity index is 431. The number of unbranched alkanes of at least 4 members (excludes halogenated alkanes) is 3. The highest BCUT2D eigenvalue weighted by Gasteiger charge is 2.26. The SMILES string of the molecule is CCCCCCC(=O)N1CCC(O)c2ccccc21. The van der Waals surface area contributed by atoms with Crippen molar-refractivity contribution in [2.75, 3.05) is 11.4 Å². The molecule has 19 heavy (non-hydrogen) atoms. The first-order chi connectivity index (χ1) is 9.24. The molecule has 0 bridgehead atoms. The van der Waals surface area contributed by atoms with Gasteiger partial charge < -0.3 is 10.0 Å². The van der Waals surface area contributed by atoms with E-state index >= 15 is 0 Å². The van der Waals surface area contributed by atoms with E-state index in [4.69, 9.17) is 0 Å². The molecule has 1 amide bonds. The van der Waals surface area contributed by atoms with Gasteiger partial charge in [0.05, 0.1) is 6.10 Å². The molecule has 0 aliphatic carbocycles. The van der Waals surface area contributed by atoms with E-state index in [1.165, 1.54) is 12.8 Å². The summed E-state index contributed by atoms with van der Waals surface area (Å²) in [7, 11) is 0. The van der Waals surface area contributed by atoms with Crippen LogP contribution in [0.2, 0.25) is 0 Å². The fourth-order valence-corrected chi connectivity index (χ4v) is 2.64. The number of hydrogen-bond donors (Lipinski definition) is 1. The molecule has 1 aliphatic rings. The summed E-state index contributed by atoms with van der Waals surface area (Å²) in [6, 6.07) is 7.68. The molecule has 0 spiro atoms. The van der Waals surface area contributed by atoms with Crippen molar-refractivity contribution >= 4 is 11.6 Å². The summed E-state index contributed by atoms with van der Waals surface area (Å²) in [6.45, 7) is 2.80. The number of aliphatic hydroxyl groups is 1. The standard InChI is InChI=1S/C16H23NO2/c1-2-3-4-5-10-16(19)17-12-11-15(18)13-8-6-7-9-14(13)17/h6-9,15,18H,2-5,10-12H2,1H3. The Morgan fingerprint density at radius 2 is 2.11 bits per heavy atom. The second kappa shape index (κ2) is 6.71. The van der Waals surface area contributed by atoms with Crippen LogP contribution in [0.4, 0.5) is 5.69 Å². The summed E-state index contributed by atoms with van der Waals surface area (Å²) in [5, 5.41) is 9.97. The third-order valence-electron chi connectivity index (χ3n) is 3.76. The molecule has 3 nitrogen and oxygen atoms in total. The van der Waals surface area contributed by atoms with E-state index in [9.17, 15) is 9.90 Å². The lowest BCUT2D eigenvalue weighted by atomic mass is 9.98. The average molecular weight is 261 g/mol. The summed E-state index contributed by atoms with van der Waals surface area (Å²) in [5.41, 5.74) is 1.78. The summed E-state index contributed by atoms with van der Waals surface area (Å²) in [5.74, 6) is 0.190. The van der Waals surface area contributed by atoms with Gasteiger partial charge in [-0.3, -0.25) is 4.79 Å². The van der Waals surface area contributed by atoms with Crippen LogP contribution in [0.15, 0.2) is 24.3 Å². The van der Waals surface area contributed by atoms with Gasteiger partial charge in [0.1, 0.15) is 0 Å². The van der Waals surface area contributed by atoms with Crippen molar-refractivity contribution in [2.24, 2.45) is 0 Å². The molecule has 0 radical (unpaired) electrons. The topological polar surface area (TPSA) is 40.5 Å². The van der Waals surface area contributed by atoms with Crippen LogP contribution in [0, 0.1) is 0 Å². The Hall–Kier alpha value is -1.35. The summed E-state index contributed by atoms with van der Waals surface area (Å²) in [4.78, 5) is 14.1. The molecule has 2 rings (SSSR count). The van der Waals surface area contributed by atoms with Crippen molar-refractivity contribution in [1.82, 2.24) is 0 Å². The van der Waals surface area contributed by atoms with Crippen LogP contribution < -0.4 is 4.90 Å². The van der Waals surface area contributed by atoms with E-state index in [1.807, 2.05) is 29.2 Å². The number of nitrogens with zero attached hydrogens (tertiary/aromatic N) is 1. The maximum atomic E-state index is 12.3. The number of benzene rings is 1. The van der Waals surface area contributed by atoms with Crippen molar-refractivity contribution in [3.05, 3.63) is 29.8 Å². The second-order valence-electron chi connectivity index (χ2n) is 5.22. The number of carbonyl (C=O) groups excluding carboxylic acids is 1. The van der Waals surface area contributed by atoms with E-state index in [1.54, 1.807) is 0 Å². The van der Waals surface area contributed by atoms with Crippen molar-refractivity contribution in [3.8, 4) is 0 Å². The number of para-hydroxylation sites is 1. The largest absolute Gasteiger partial charge is 0.388 e. The molecule has 3 heteroatoms. The number of hydrogen-bond acceptors (Lipinski definition) is 2. The number of aliphatic hydroxyl groups excluding tert-OH is 1. The molecule has 0 fully saturated rings. The Labute approximate surface area is 115 Å². The van der Waals surface area contributed by atoms with Gasteiger partial charge in [0.2, 0.25) is 5.91 Å². The zero-order valence-electron chi connectivity index (χ0n) is 11.6. The molecule has 1 aliphatic heterocycles. The van der Waals surface area contributed by atoms with Gasteiger partial charge in [-0.25, -0.2) is 0 Å². The van der Waals surface area contributed by atoms with E-state index < -0.39 is 6.10 Å². The lowest BCUT2D eigenvalue weighted by Gasteiger charge is -2.32. The third kappa shape index (κ3) is 3.35. The van der Waals surface area contributed by atoms with Crippen molar-refractivity contribution in [1.29, 1.82) is 0 Å². The van der Waals surface area contributed by atoms with Gasteiger partial charge in [-0.15, -0.1) is 0 Å². The van der Waals surface area contributed by atoms with Crippen molar-refractivity contribution in [2.45, 2.75) is 51.6 Å². The summed E-state index contributed by atoms with van der Waals surface area (Å²) < 4.78 is 0. The number of amides is 1. The number of carbonyl (C=O) groups is 1. The zero-order chi connectivity index (χ0) is 13.7. The smallest absolute Gasteiger partial charge is 0.226 e. The molecule has 1 unspecified atom stereocenters. The molecule has 1 aromatic carbocycles. The Kier molecular flexibility index (Phi) is 4.97. The molecule has 0 saturated heterocycles. The second-order valence-corrected chi connectivity index (χ2v) is 5.22. The highest BCUT2D eigenvalue weighted by atomic mass is 16.3. The molecule has 1 heterocycles. The van der Waals surface area contributed by atoms with Gasteiger partial charge in [0.25, 0.3) is 0 Å². The van der Waals surface area contributed by atoms with E-state index in [-0.39, 0.29) is 5.91 Å². The Morgan fingerprint density at radius 3 is 2.89 bits per heavy atom. The minimum atomic E-state index is -0.430. The maximum Gasteiger partial charge on any atom is 0.226 e. The summed E-state index contributed by atoms with van der Waals surface area (Å²) in [6.07, 6.45) is 5.30. The maximum absolute atomic E-state index is 12.3. The quantitative estimate of drug-likeness (QED) is 0.825. The van der Waals surface area contributed by atoms with Gasteiger partial charge in [-0.05, 0) is 18.9 Å². The van der Waals surface area contributed by atoms with Crippen LogP contribution in [0.3, 0.4) is 0 Å². The van der Waals surface area contributed by atoms with E-state index in [2.05, 4.69) is 6.92 Å². The normalized spacial score (nSPS) is 18.2. The molecular formula is C16H23NO2. The first-order valence-corrected chi connectivity index (χ1v) is 7.31. The fraction of sp³-hybridized carbons (Fsp3) is 0.562. The van der Waals surface area contributed by atoms with Crippen LogP contribution in [0.25, 0.3) is 0 Å². The summed E-state index contributed by atoms with van der Waals surface area (Å²) >= 11 is 0. The van der Waals surface area contributed by atoms with Crippen LogP contribution in [-0.4, -0.2) is 17.6 Å². The average Bonchev–Trinajstić information content (AvgIpc) is 2.44. The minimum absolute atomic E-state index is 0.190. The molecular weight excluding hydrogens is 238 g/mol.